The Labute approximate surface area is 256 Å². The summed E-state index contributed by atoms with van der Waals surface area (Å²) in [6, 6.07) is 4.62. The van der Waals surface area contributed by atoms with E-state index in [9.17, 15) is 19.2 Å². The highest BCUT2D eigenvalue weighted by atomic mass is 16.6. The third-order valence-electron chi connectivity index (χ3n) is 6.81. The minimum Gasteiger partial charge on any atom is -0.493 e. The second-order valence-corrected chi connectivity index (χ2v) is 12.2. The first-order chi connectivity index (χ1) is 20.2. The van der Waals surface area contributed by atoms with Crippen molar-refractivity contribution in [2.45, 2.75) is 85.4 Å². The molecule has 0 aliphatic carbocycles. The molecule has 0 radical (unpaired) electrons. The monoisotopic (exact) mass is 602 g/mol. The normalized spacial score (nSPS) is 15.4. The SMILES string of the molecule is COc1cc(CNC(=O)CCCC/C=C/C(C)C)ccc1OC(=O)N1CCN(C(C)=O)CC1CN(C)C(=O)OC(C)(C)C. The molecular weight excluding hydrogens is 552 g/mol. The summed E-state index contributed by atoms with van der Waals surface area (Å²) < 4.78 is 16.7. The van der Waals surface area contributed by atoms with E-state index in [1.807, 2.05) is 0 Å². The Hall–Kier alpha value is -3.76. The molecule has 0 saturated carbocycles. The number of unbranched alkanes of at least 4 members (excludes halogenated alkanes) is 2. The Bertz CT molecular complexity index is 1130. The minimum atomic E-state index is -0.668. The van der Waals surface area contributed by atoms with E-state index in [-0.39, 0.29) is 37.2 Å². The molecule has 1 aromatic carbocycles. The molecule has 1 aliphatic rings. The molecule has 1 heterocycles. The van der Waals surface area contributed by atoms with E-state index >= 15 is 0 Å². The predicted octanol–water partition coefficient (Wildman–Crippen LogP) is 4.98. The second-order valence-electron chi connectivity index (χ2n) is 12.2. The quantitative estimate of drug-likeness (QED) is 0.265. The summed E-state index contributed by atoms with van der Waals surface area (Å²) in [6.07, 6.45) is 6.41. The van der Waals surface area contributed by atoms with Gasteiger partial charge >= 0.3 is 12.2 Å². The number of benzene rings is 1. The van der Waals surface area contributed by atoms with Crippen LogP contribution in [0.3, 0.4) is 0 Å². The van der Waals surface area contributed by atoms with Crippen LogP contribution in [0.2, 0.25) is 0 Å². The van der Waals surface area contributed by atoms with Crippen LogP contribution in [0.25, 0.3) is 0 Å². The van der Waals surface area contributed by atoms with E-state index in [1.54, 1.807) is 50.9 Å². The van der Waals surface area contributed by atoms with Crippen LogP contribution in [-0.2, 0) is 20.9 Å². The van der Waals surface area contributed by atoms with Crippen LogP contribution in [0.4, 0.5) is 9.59 Å². The molecule has 0 bridgehead atoms. The molecule has 1 aromatic rings. The van der Waals surface area contributed by atoms with E-state index in [0.29, 0.717) is 31.2 Å². The van der Waals surface area contributed by atoms with Gasteiger partial charge in [-0.2, -0.15) is 0 Å². The smallest absolute Gasteiger partial charge is 0.415 e. The molecule has 2 rings (SSSR count). The van der Waals surface area contributed by atoms with Gasteiger partial charge in [0.25, 0.3) is 0 Å². The zero-order valence-corrected chi connectivity index (χ0v) is 27.1. The van der Waals surface area contributed by atoms with E-state index in [0.717, 1.165) is 24.8 Å². The fraction of sp³-hybridized carbons (Fsp3) is 0.625. The van der Waals surface area contributed by atoms with Crippen molar-refractivity contribution in [3.63, 3.8) is 0 Å². The maximum absolute atomic E-state index is 13.4. The number of hydrogen-bond acceptors (Lipinski definition) is 7. The van der Waals surface area contributed by atoms with Crippen LogP contribution in [0.5, 0.6) is 11.5 Å². The van der Waals surface area contributed by atoms with Crippen molar-refractivity contribution in [2.75, 3.05) is 40.3 Å². The molecular formula is C32H50N4O7. The number of rotatable bonds is 12. The van der Waals surface area contributed by atoms with Crippen molar-refractivity contribution in [2.24, 2.45) is 5.92 Å². The van der Waals surface area contributed by atoms with Gasteiger partial charge in [-0.15, -0.1) is 0 Å². The number of carbonyl (C=O) groups is 4. The van der Waals surface area contributed by atoms with Crippen LogP contribution >= 0.6 is 0 Å². The number of carbonyl (C=O) groups excluding carboxylic acids is 4. The maximum atomic E-state index is 13.4. The van der Waals surface area contributed by atoms with Gasteiger partial charge in [-0.05, 0) is 63.6 Å². The first-order valence-electron chi connectivity index (χ1n) is 15.0. The van der Waals surface area contributed by atoms with Crippen LogP contribution in [-0.4, -0.2) is 90.7 Å². The first-order valence-corrected chi connectivity index (χ1v) is 15.0. The summed E-state index contributed by atoms with van der Waals surface area (Å²) in [5.41, 5.74) is 0.134. The van der Waals surface area contributed by atoms with Crippen LogP contribution in [0.1, 0.15) is 72.8 Å². The number of hydrogen-bond donors (Lipinski definition) is 1. The second kappa shape index (κ2) is 16.8. The minimum absolute atomic E-state index is 0.0191. The highest BCUT2D eigenvalue weighted by molar-refractivity contribution is 5.76. The molecule has 11 heteroatoms. The molecule has 1 atom stereocenters. The average molecular weight is 603 g/mol. The van der Waals surface area contributed by atoms with Crippen molar-refractivity contribution < 1.29 is 33.4 Å². The number of likely N-dealkylation sites (N-methyl/N-ethyl adjacent to an activating group) is 1. The third-order valence-corrected chi connectivity index (χ3v) is 6.81. The number of nitrogens with zero attached hydrogens (tertiary/aromatic N) is 3. The standard InChI is InChI=1S/C32H50N4O7/c1-23(2)13-11-9-10-12-14-29(38)33-20-25-15-16-27(28(19-25)41-8)42-31(40)36-18-17-35(24(3)37)22-26(36)21-34(7)30(39)43-32(4,5)6/h11,13,15-16,19,23,26H,9-10,12,14,17-18,20-22H2,1-8H3,(H,33,38)/b13-11+. The van der Waals surface area contributed by atoms with Crippen molar-refractivity contribution in [1.82, 2.24) is 20.0 Å². The van der Waals surface area contributed by atoms with Crippen LogP contribution in [0.15, 0.2) is 30.4 Å². The number of ether oxygens (including phenoxy) is 3. The summed E-state index contributed by atoms with van der Waals surface area (Å²) in [5.74, 6) is 0.982. The Balaban J connectivity index is 2.01. The number of amides is 4. The Kier molecular flexibility index (Phi) is 13.8. The van der Waals surface area contributed by atoms with Gasteiger partial charge in [0.05, 0.1) is 13.2 Å². The number of nitrogens with one attached hydrogen (secondary N) is 1. The Morgan fingerprint density at radius 1 is 1.12 bits per heavy atom. The zero-order chi connectivity index (χ0) is 32.2. The summed E-state index contributed by atoms with van der Waals surface area (Å²) in [5, 5.41) is 2.93. The summed E-state index contributed by atoms with van der Waals surface area (Å²) in [7, 11) is 3.07. The maximum Gasteiger partial charge on any atom is 0.415 e. The first kappa shape index (κ1) is 35.4. The molecule has 1 aliphatic heterocycles. The molecule has 1 unspecified atom stereocenters. The molecule has 4 amide bonds. The molecule has 0 spiro atoms. The number of allylic oxidation sites excluding steroid dienone is 2. The molecule has 1 saturated heterocycles. The lowest BCUT2D eigenvalue weighted by atomic mass is 10.1. The molecule has 240 valence electrons. The highest BCUT2D eigenvalue weighted by Gasteiger charge is 2.35. The topological polar surface area (TPSA) is 118 Å². The zero-order valence-electron chi connectivity index (χ0n) is 27.1. The fourth-order valence-corrected chi connectivity index (χ4v) is 4.53. The van der Waals surface area contributed by atoms with Crippen molar-refractivity contribution in [1.29, 1.82) is 0 Å². The number of piperazine rings is 1. The Morgan fingerprint density at radius 3 is 2.47 bits per heavy atom. The van der Waals surface area contributed by atoms with Gasteiger partial charge in [0, 0.05) is 53.1 Å². The lowest BCUT2D eigenvalue weighted by molar-refractivity contribution is -0.131. The van der Waals surface area contributed by atoms with Crippen molar-refractivity contribution >= 4 is 24.0 Å². The summed E-state index contributed by atoms with van der Waals surface area (Å²) in [4.78, 5) is 54.9. The average Bonchev–Trinajstić information content (AvgIpc) is 2.92. The van der Waals surface area contributed by atoms with Crippen LogP contribution < -0.4 is 14.8 Å². The van der Waals surface area contributed by atoms with E-state index in [1.165, 1.54) is 23.8 Å². The fourth-order valence-electron chi connectivity index (χ4n) is 4.53. The van der Waals surface area contributed by atoms with Crippen molar-refractivity contribution in [3.8, 4) is 11.5 Å². The summed E-state index contributed by atoms with van der Waals surface area (Å²) >= 11 is 0. The van der Waals surface area contributed by atoms with Gasteiger partial charge in [-0.3, -0.25) is 14.5 Å². The van der Waals surface area contributed by atoms with E-state index in [4.69, 9.17) is 14.2 Å². The molecule has 11 nitrogen and oxygen atoms in total. The third kappa shape index (κ3) is 12.6. The lowest BCUT2D eigenvalue weighted by Gasteiger charge is -2.41. The molecule has 0 aromatic heterocycles. The number of methoxy groups -OCH3 is 1. The van der Waals surface area contributed by atoms with Gasteiger partial charge in [0.15, 0.2) is 11.5 Å². The van der Waals surface area contributed by atoms with E-state index in [2.05, 4.69) is 31.3 Å². The lowest BCUT2D eigenvalue weighted by Crippen LogP contribution is -2.60. The molecule has 43 heavy (non-hydrogen) atoms. The van der Waals surface area contributed by atoms with Crippen molar-refractivity contribution in [3.05, 3.63) is 35.9 Å². The Morgan fingerprint density at radius 2 is 1.84 bits per heavy atom. The van der Waals surface area contributed by atoms with Gasteiger partial charge < -0.3 is 29.3 Å². The van der Waals surface area contributed by atoms with Crippen LogP contribution in [0, 0.1) is 5.92 Å². The predicted molar refractivity (Wildman–Crippen MR) is 165 cm³/mol. The molecule has 1 fully saturated rings. The van der Waals surface area contributed by atoms with E-state index < -0.39 is 23.8 Å². The largest absolute Gasteiger partial charge is 0.493 e. The molecule has 1 N–H and O–H groups in total. The van der Waals surface area contributed by atoms with Gasteiger partial charge in [-0.25, -0.2) is 9.59 Å². The van der Waals surface area contributed by atoms with Gasteiger partial charge in [0.2, 0.25) is 11.8 Å². The summed E-state index contributed by atoms with van der Waals surface area (Å²) in [6.45, 7) is 12.4. The van der Waals surface area contributed by atoms with Gasteiger partial charge in [-0.1, -0.05) is 32.1 Å². The highest BCUT2D eigenvalue weighted by Crippen LogP contribution is 2.29. The van der Waals surface area contributed by atoms with Gasteiger partial charge in [0.1, 0.15) is 5.60 Å².